The van der Waals surface area contributed by atoms with Gasteiger partial charge >= 0.3 is 0 Å². The highest BCUT2D eigenvalue weighted by molar-refractivity contribution is 6.02. The van der Waals surface area contributed by atoms with E-state index in [1.807, 2.05) is 6.92 Å². The number of hydrogen-bond donors (Lipinski definition) is 2. The standard InChI is InChI=1S/C21H30N4O5/c1-3-29-14-17(26)12-24-8-10-25(11-9-24)13-20-23-19(15-30-20)21(27)22-16-4-6-18(28-2)7-5-16/h4-7,15,17,26H,3,8-14H2,1-2H3,(H,22,27)/t17-/m1/s1. The number of nitrogens with one attached hydrogen (secondary N) is 1. The number of aliphatic hydroxyl groups is 1. The van der Waals surface area contributed by atoms with Crippen molar-refractivity contribution in [1.29, 1.82) is 0 Å². The van der Waals surface area contributed by atoms with Gasteiger partial charge in [0.05, 0.1) is 26.4 Å². The Balaban J connectivity index is 1.43. The summed E-state index contributed by atoms with van der Waals surface area (Å²) in [4.78, 5) is 21.1. The first-order valence-corrected chi connectivity index (χ1v) is 10.2. The largest absolute Gasteiger partial charge is 0.497 e. The summed E-state index contributed by atoms with van der Waals surface area (Å²) in [6, 6.07) is 7.09. The van der Waals surface area contributed by atoms with Gasteiger partial charge in [0, 0.05) is 45.0 Å². The Bertz CT molecular complexity index is 787. The minimum atomic E-state index is -0.463. The molecule has 0 saturated carbocycles. The predicted octanol–water partition coefficient (Wildman–Crippen LogP) is 1.45. The molecular weight excluding hydrogens is 388 g/mol. The highest BCUT2D eigenvalue weighted by Crippen LogP contribution is 2.16. The van der Waals surface area contributed by atoms with Crippen LogP contribution < -0.4 is 10.1 Å². The molecule has 30 heavy (non-hydrogen) atoms. The van der Waals surface area contributed by atoms with E-state index in [2.05, 4.69) is 20.1 Å². The number of carbonyl (C=O) groups is 1. The molecule has 1 aromatic carbocycles. The van der Waals surface area contributed by atoms with Crippen LogP contribution in [0.2, 0.25) is 0 Å². The number of methoxy groups -OCH3 is 1. The molecular formula is C21H30N4O5. The summed E-state index contributed by atoms with van der Waals surface area (Å²) in [6.45, 7) is 7.46. The molecule has 1 aliphatic heterocycles. The first-order chi connectivity index (χ1) is 14.6. The maximum atomic E-state index is 12.4. The molecule has 2 heterocycles. The number of amides is 1. The predicted molar refractivity (Wildman–Crippen MR) is 112 cm³/mol. The van der Waals surface area contributed by atoms with Crippen molar-refractivity contribution in [3.63, 3.8) is 0 Å². The van der Waals surface area contributed by atoms with Crippen molar-refractivity contribution in [3.05, 3.63) is 42.1 Å². The molecule has 3 rings (SSSR count). The van der Waals surface area contributed by atoms with E-state index in [-0.39, 0.29) is 11.6 Å². The van der Waals surface area contributed by atoms with Gasteiger partial charge < -0.3 is 24.3 Å². The van der Waals surface area contributed by atoms with Crippen molar-refractivity contribution >= 4 is 11.6 Å². The molecule has 2 N–H and O–H groups in total. The molecule has 9 heteroatoms. The van der Waals surface area contributed by atoms with Gasteiger partial charge in [-0.3, -0.25) is 14.6 Å². The third-order valence-electron chi connectivity index (χ3n) is 4.94. The number of anilines is 1. The smallest absolute Gasteiger partial charge is 0.277 e. The number of hydrogen-bond acceptors (Lipinski definition) is 8. The zero-order valence-corrected chi connectivity index (χ0v) is 17.5. The molecule has 1 saturated heterocycles. The van der Waals surface area contributed by atoms with E-state index in [9.17, 15) is 9.90 Å². The van der Waals surface area contributed by atoms with Crippen molar-refractivity contribution in [3.8, 4) is 5.75 Å². The lowest BCUT2D eigenvalue weighted by molar-refractivity contribution is 0.00949. The Labute approximate surface area is 176 Å². The van der Waals surface area contributed by atoms with Gasteiger partial charge in [-0.25, -0.2) is 4.98 Å². The fraction of sp³-hybridized carbons (Fsp3) is 0.524. The number of aliphatic hydroxyl groups excluding tert-OH is 1. The summed E-state index contributed by atoms with van der Waals surface area (Å²) in [5.74, 6) is 0.920. The van der Waals surface area contributed by atoms with Gasteiger partial charge in [-0.2, -0.15) is 0 Å². The van der Waals surface area contributed by atoms with Gasteiger partial charge in [0.25, 0.3) is 5.91 Å². The molecule has 0 unspecified atom stereocenters. The Morgan fingerprint density at radius 1 is 1.23 bits per heavy atom. The van der Waals surface area contributed by atoms with Crippen LogP contribution in [-0.2, 0) is 11.3 Å². The summed E-state index contributed by atoms with van der Waals surface area (Å²) >= 11 is 0. The highest BCUT2D eigenvalue weighted by Gasteiger charge is 2.21. The molecule has 0 bridgehead atoms. The van der Waals surface area contributed by atoms with Crippen LogP contribution in [0.5, 0.6) is 5.75 Å². The fourth-order valence-corrected chi connectivity index (χ4v) is 3.28. The van der Waals surface area contributed by atoms with Crippen LogP contribution in [0.4, 0.5) is 5.69 Å². The lowest BCUT2D eigenvalue weighted by atomic mass is 10.2. The maximum Gasteiger partial charge on any atom is 0.277 e. The number of carbonyl (C=O) groups excluding carboxylic acids is 1. The number of piperazine rings is 1. The zero-order chi connectivity index (χ0) is 21.3. The van der Waals surface area contributed by atoms with Gasteiger partial charge in [0.2, 0.25) is 5.89 Å². The second-order valence-electron chi connectivity index (χ2n) is 7.20. The van der Waals surface area contributed by atoms with Crippen molar-refractivity contribution in [2.75, 3.05) is 58.4 Å². The minimum absolute atomic E-state index is 0.249. The van der Waals surface area contributed by atoms with E-state index in [0.717, 1.165) is 31.9 Å². The summed E-state index contributed by atoms with van der Waals surface area (Å²) < 4.78 is 15.9. The van der Waals surface area contributed by atoms with E-state index >= 15 is 0 Å². The Morgan fingerprint density at radius 3 is 2.60 bits per heavy atom. The first-order valence-electron chi connectivity index (χ1n) is 10.2. The second kappa shape index (κ2) is 11.1. The average molecular weight is 418 g/mol. The molecule has 9 nitrogen and oxygen atoms in total. The summed E-state index contributed by atoms with van der Waals surface area (Å²) in [6.07, 6.45) is 0.921. The quantitative estimate of drug-likeness (QED) is 0.598. The van der Waals surface area contributed by atoms with Crippen molar-refractivity contribution in [2.45, 2.75) is 19.6 Å². The summed E-state index contributed by atoms with van der Waals surface area (Å²) in [5.41, 5.74) is 0.909. The number of oxazole rings is 1. The van der Waals surface area contributed by atoms with Crippen molar-refractivity contribution < 1.29 is 23.8 Å². The van der Waals surface area contributed by atoms with Crippen LogP contribution in [0.25, 0.3) is 0 Å². The molecule has 1 fully saturated rings. The molecule has 1 aromatic heterocycles. The lowest BCUT2D eigenvalue weighted by Gasteiger charge is -2.34. The Morgan fingerprint density at radius 2 is 1.93 bits per heavy atom. The zero-order valence-electron chi connectivity index (χ0n) is 17.5. The van der Waals surface area contributed by atoms with E-state index in [0.29, 0.717) is 37.9 Å². The lowest BCUT2D eigenvalue weighted by Crippen LogP contribution is -2.48. The minimum Gasteiger partial charge on any atom is -0.497 e. The molecule has 1 amide bonds. The van der Waals surface area contributed by atoms with Gasteiger partial charge in [0.15, 0.2) is 5.69 Å². The Kier molecular flexibility index (Phi) is 8.21. The van der Waals surface area contributed by atoms with E-state index < -0.39 is 6.10 Å². The number of aromatic nitrogens is 1. The maximum absolute atomic E-state index is 12.4. The molecule has 1 atom stereocenters. The number of β-amino-alcohol motifs (C(OH)–C–C–N with tert-alkyl or cyclic N) is 1. The molecule has 2 aromatic rings. The Hall–Kier alpha value is -2.46. The highest BCUT2D eigenvalue weighted by atomic mass is 16.5. The normalized spacial score (nSPS) is 16.4. The van der Waals surface area contributed by atoms with Crippen molar-refractivity contribution in [1.82, 2.24) is 14.8 Å². The van der Waals surface area contributed by atoms with E-state index in [4.69, 9.17) is 13.9 Å². The summed E-state index contributed by atoms with van der Waals surface area (Å²) in [5, 5.41) is 12.8. The first kappa shape index (κ1) is 22.2. The van der Waals surface area contributed by atoms with Crippen LogP contribution in [-0.4, -0.2) is 84.9 Å². The van der Waals surface area contributed by atoms with Crippen LogP contribution in [0, 0.1) is 0 Å². The van der Waals surface area contributed by atoms with Gasteiger partial charge in [0.1, 0.15) is 12.0 Å². The van der Waals surface area contributed by atoms with Crippen molar-refractivity contribution in [2.24, 2.45) is 0 Å². The third kappa shape index (κ3) is 6.53. The molecule has 0 aliphatic carbocycles. The van der Waals surface area contributed by atoms with Crippen LogP contribution in [0.15, 0.2) is 34.9 Å². The van der Waals surface area contributed by atoms with E-state index in [1.165, 1.54) is 6.26 Å². The second-order valence-corrected chi connectivity index (χ2v) is 7.20. The number of ether oxygens (including phenoxy) is 2. The number of nitrogens with zero attached hydrogens (tertiary/aromatic N) is 3. The topological polar surface area (TPSA) is 100 Å². The SMILES string of the molecule is CCOC[C@H](O)CN1CCN(Cc2nc(C(=O)Nc3ccc(OC)cc3)co2)CC1. The molecule has 0 radical (unpaired) electrons. The fourth-order valence-electron chi connectivity index (χ4n) is 3.28. The van der Waals surface area contributed by atoms with Crippen LogP contribution in [0.3, 0.4) is 0 Å². The third-order valence-corrected chi connectivity index (χ3v) is 4.94. The monoisotopic (exact) mass is 418 g/mol. The number of benzene rings is 1. The van der Waals surface area contributed by atoms with Gasteiger partial charge in [-0.05, 0) is 31.2 Å². The average Bonchev–Trinajstić information content (AvgIpc) is 3.23. The van der Waals surface area contributed by atoms with Gasteiger partial charge in [-0.15, -0.1) is 0 Å². The molecule has 164 valence electrons. The van der Waals surface area contributed by atoms with Crippen LogP contribution >= 0.6 is 0 Å². The van der Waals surface area contributed by atoms with Crippen LogP contribution in [0.1, 0.15) is 23.3 Å². The van der Waals surface area contributed by atoms with E-state index in [1.54, 1.807) is 31.4 Å². The number of rotatable bonds is 10. The van der Waals surface area contributed by atoms with Gasteiger partial charge in [-0.1, -0.05) is 0 Å². The molecule has 0 spiro atoms. The summed E-state index contributed by atoms with van der Waals surface area (Å²) in [7, 11) is 1.59. The molecule has 1 aliphatic rings.